The smallest absolute Gasteiger partial charge is 0.258 e. The minimum atomic E-state index is -0.140. The Morgan fingerprint density at radius 2 is 1.68 bits per heavy atom. The monoisotopic (exact) mass is 476 g/mol. The average Bonchev–Trinajstić information content (AvgIpc) is 2.74. The van der Waals surface area contributed by atoms with Gasteiger partial charge in [0.25, 0.3) is 11.8 Å². The summed E-state index contributed by atoms with van der Waals surface area (Å²) in [5, 5.41) is 3.05. The fraction of sp³-hybridized carbons (Fsp3) is 0.231. The summed E-state index contributed by atoms with van der Waals surface area (Å²) in [6.07, 6.45) is 1.73. The molecular weight excluding hydrogens is 452 g/mol. The van der Waals surface area contributed by atoms with E-state index in [1.807, 2.05) is 74.2 Å². The first-order valence-corrected chi connectivity index (χ1v) is 11.2. The first-order chi connectivity index (χ1) is 14.8. The SMILES string of the molecule is Cc1cccc(C(=O)N2CCCc3cc(C(=O)Nc4c(C)cc(Br)cc4C)ccc32)c1. The van der Waals surface area contributed by atoms with E-state index in [2.05, 4.69) is 21.2 Å². The molecule has 0 bridgehead atoms. The number of amides is 2. The highest BCUT2D eigenvalue weighted by molar-refractivity contribution is 9.10. The highest BCUT2D eigenvalue weighted by Gasteiger charge is 2.24. The lowest BCUT2D eigenvalue weighted by atomic mass is 9.97. The minimum absolute atomic E-state index is 0.00274. The standard InChI is InChI=1S/C26H25BrN2O2/c1-16-6-4-7-21(12-16)26(31)29-11-5-8-19-15-20(9-10-23(19)29)25(30)28-24-17(2)13-22(27)14-18(24)3/h4,6-7,9-10,12-15H,5,8,11H2,1-3H3,(H,28,30). The molecule has 158 valence electrons. The first kappa shape index (κ1) is 21.3. The average molecular weight is 477 g/mol. The van der Waals surface area contributed by atoms with Gasteiger partial charge in [-0.15, -0.1) is 0 Å². The van der Waals surface area contributed by atoms with Gasteiger partial charge in [0.1, 0.15) is 0 Å². The van der Waals surface area contributed by atoms with Crippen LogP contribution in [0.1, 0.15) is 49.4 Å². The Morgan fingerprint density at radius 1 is 0.935 bits per heavy atom. The largest absolute Gasteiger partial charge is 0.322 e. The van der Waals surface area contributed by atoms with Gasteiger partial charge in [-0.05, 0) is 92.8 Å². The molecule has 5 heteroatoms. The lowest BCUT2D eigenvalue weighted by Gasteiger charge is -2.30. The number of hydrogen-bond acceptors (Lipinski definition) is 2. The van der Waals surface area contributed by atoms with Gasteiger partial charge < -0.3 is 10.2 Å². The Balaban J connectivity index is 1.60. The van der Waals surface area contributed by atoms with Gasteiger partial charge in [-0.2, -0.15) is 0 Å². The van der Waals surface area contributed by atoms with Crippen LogP contribution < -0.4 is 10.2 Å². The molecule has 4 rings (SSSR count). The van der Waals surface area contributed by atoms with Crippen molar-refractivity contribution < 1.29 is 9.59 Å². The van der Waals surface area contributed by atoms with Crippen LogP contribution in [0.3, 0.4) is 0 Å². The summed E-state index contributed by atoms with van der Waals surface area (Å²) in [6, 6.07) is 17.3. The summed E-state index contributed by atoms with van der Waals surface area (Å²) in [7, 11) is 0. The topological polar surface area (TPSA) is 49.4 Å². The third-order valence-electron chi connectivity index (χ3n) is 5.71. The summed E-state index contributed by atoms with van der Waals surface area (Å²) in [5.74, 6) is -0.138. The lowest BCUT2D eigenvalue weighted by molar-refractivity contribution is 0.0984. The van der Waals surface area contributed by atoms with Gasteiger partial charge in [0.05, 0.1) is 0 Å². The second-order valence-electron chi connectivity index (χ2n) is 8.14. The molecule has 3 aromatic rings. The third-order valence-corrected chi connectivity index (χ3v) is 6.16. The Hall–Kier alpha value is -2.92. The Kier molecular flexibility index (Phi) is 5.96. The third kappa shape index (κ3) is 4.42. The molecular formula is C26H25BrN2O2. The van der Waals surface area contributed by atoms with Crippen LogP contribution in [0.25, 0.3) is 0 Å². The molecule has 0 fully saturated rings. The minimum Gasteiger partial charge on any atom is -0.322 e. The zero-order chi connectivity index (χ0) is 22.1. The lowest BCUT2D eigenvalue weighted by Crippen LogP contribution is -2.35. The summed E-state index contributed by atoms with van der Waals surface area (Å²) in [4.78, 5) is 27.9. The summed E-state index contributed by atoms with van der Waals surface area (Å²) in [6.45, 7) is 6.63. The normalized spacial score (nSPS) is 13.0. The number of hydrogen-bond donors (Lipinski definition) is 1. The maximum absolute atomic E-state index is 13.1. The molecule has 1 aliphatic rings. The van der Waals surface area contributed by atoms with E-state index in [0.717, 1.165) is 50.9 Å². The van der Waals surface area contributed by atoms with E-state index in [1.54, 1.807) is 6.07 Å². The Morgan fingerprint density at radius 3 is 2.39 bits per heavy atom. The van der Waals surface area contributed by atoms with Crippen molar-refractivity contribution in [1.82, 2.24) is 0 Å². The van der Waals surface area contributed by atoms with Crippen molar-refractivity contribution in [3.63, 3.8) is 0 Å². The predicted octanol–water partition coefficient (Wildman–Crippen LogP) is 6.22. The van der Waals surface area contributed by atoms with Gasteiger partial charge in [0, 0.05) is 33.5 Å². The molecule has 0 spiro atoms. The van der Waals surface area contributed by atoms with Crippen LogP contribution >= 0.6 is 15.9 Å². The number of aryl methyl sites for hydroxylation is 4. The molecule has 1 N–H and O–H groups in total. The van der Waals surface area contributed by atoms with Crippen molar-refractivity contribution >= 4 is 39.1 Å². The number of carbonyl (C=O) groups is 2. The maximum Gasteiger partial charge on any atom is 0.258 e. The number of anilines is 2. The molecule has 0 unspecified atom stereocenters. The van der Waals surface area contributed by atoms with Crippen LogP contribution in [0, 0.1) is 20.8 Å². The van der Waals surface area contributed by atoms with Crippen molar-refractivity contribution in [3.05, 3.63) is 92.5 Å². The van der Waals surface area contributed by atoms with Crippen LogP contribution in [0.4, 0.5) is 11.4 Å². The number of fused-ring (bicyclic) bond motifs is 1. The number of carbonyl (C=O) groups excluding carboxylic acids is 2. The molecule has 4 nitrogen and oxygen atoms in total. The molecule has 1 aliphatic heterocycles. The van der Waals surface area contributed by atoms with Crippen LogP contribution in [0.15, 0.2) is 59.1 Å². The second-order valence-corrected chi connectivity index (χ2v) is 9.06. The van der Waals surface area contributed by atoms with Gasteiger partial charge >= 0.3 is 0 Å². The molecule has 0 aromatic heterocycles. The summed E-state index contributed by atoms with van der Waals surface area (Å²) in [5.41, 5.74) is 7.13. The van der Waals surface area contributed by atoms with Crippen LogP contribution in [-0.4, -0.2) is 18.4 Å². The van der Waals surface area contributed by atoms with Crippen molar-refractivity contribution in [1.29, 1.82) is 0 Å². The molecule has 31 heavy (non-hydrogen) atoms. The number of rotatable bonds is 3. The van der Waals surface area contributed by atoms with Gasteiger partial charge in [0.15, 0.2) is 0 Å². The van der Waals surface area contributed by atoms with E-state index in [1.165, 1.54) is 0 Å². The van der Waals surface area contributed by atoms with Gasteiger partial charge in [-0.1, -0.05) is 33.6 Å². The Labute approximate surface area is 191 Å². The Bertz CT molecular complexity index is 1160. The van der Waals surface area contributed by atoms with E-state index in [-0.39, 0.29) is 11.8 Å². The number of benzene rings is 3. The molecule has 3 aromatic carbocycles. The predicted molar refractivity (Wildman–Crippen MR) is 129 cm³/mol. The number of nitrogens with one attached hydrogen (secondary N) is 1. The summed E-state index contributed by atoms with van der Waals surface area (Å²) >= 11 is 3.49. The molecule has 0 saturated carbocycles. The van der Waals surface area contributed by atoms with E-state index >= 15 is 0 Å². The van der Waals surface area contributed by atoms with Gasteiger partial charge in [0.2, 0.25) is 0 Å². The zero-order valence-corrected chi connectivity index (χ0v) is 19.5. The van der Waals surface area contributed by atoms with Crippen molar-refractivity contribution in [3.8, 4) is 0 Å². The van der Waals surface area contributed by atoms with Crippen LogP contribution in [0.2, 0.25) is 0 Å². The number of halogens is 1. The maximum atomic E-state index is 13.1. The van der Waals surface area contributed by atoms with E-state index in [4.69, 9.17) is 0 Å². The molecule has 0 atom stereocenters. The van der Waals surface area contributed by atoms with E-state index in [0.29, 0.717) is 17.7 Å². The molecule has 0 radical (unpaired) electrons. The van der Waals surface area contributed by atoms with Crippen LogP contribution in [0.5, 0.6) is 0 Å². The van der Waals surface area contributed by atoms with Crippen molar-refractivity contribution in [2.75, 3.05) is 16.8 Å². The van der Waals surface area contributed by atoms with E-state index in [9.17, 15) is 9.59 Å². The van der Waals surface area contributed by atoms with Gasteiger partial charge in [-0.3, -0.25) is 9.59 Å². The van der Waals surface area contributed by atoms with Gasteiger partial charge in [-0.25, -0.2) is 0 Å². The molecule has 2 amide bonds. The fourth-order valence-corrected chi connectivity index (χ4v) is 4.86. The van der Waals surface area contributed by atoms with E-state index < -0.39 is 0 Å². The highest BCUT2D eigenvalue weighted by Crippen LogP contribution is 2.31. The van der Waals surface area contributed by atoms with Crippen molar-refractivity contribution in [2.45, 2.75) is 33.6 Å². The number of nitrogens with zero attached hydrogens (tertiary/aromatic N) is 1. The molecule has 1 heterocycles. The first-order valence-electron chi connectivity index (χ1n) is 10.4. The highest BCUT2D eigenvalue weighted by atomic mass is 79.9. The fourth-order valence-electron chi connectivity index (χ4n) is 4.18. The van der Waals surface area contributed by atoms with Crippen LogP contribution in [-0.2, 0) is 6.42 Å². The second kappa shape index (κ2) is 8.67. The quantitative estimate of drug-likeness (QED) is 0.487. The molecule has 0 aliphatic carbocycles. The zero-order valence-electron chi connectivity index (χ0n) is 18.0. The van der Waals surface area contributed by atoms with Crippen molar-refractivity contribution in [2.24, 2.45) is 0 Å². The summed E-state index contributed by atoms with van der Waals surface area (Å²) < 4.78 is 0.993. The molecule has 0 saturated heterocycles.